The Bertz CT molecular complexity index is 149. The number of carbonyl (C=O) groups excluding carboxylic acids is 1. The van der Waals surface area contributed by atoms with E-state index in [1.807, 2.05) is 6.92 Å². The van der Waals surface area contributed by atoms with Gasteiger partial charge in [-0.1, -0.05) is 0 Å². The van der Waals surface area contributed by atoms with Gasteiger partial charge >= 0.3 is 0 Å². The van der Waals surface area contributed by atoms with E-state index < -0.39 is 0 Å². The van der Waals surface area contributed by atoms with Crippen LogP contribution in [0.25, 0.3) is 0 Å². The molecular weight excluding hydrogens is 146 g/mol. The van der Waals surface area contributed by atoms with E-state index >= 15 is 0 Å². The summed E-state index contributed by atoms with van der Waals surface area (Å²) >= 11 is 0. The highest BCUT2D eigenvalue weighted by Gasteiger charge is 2.26. The van der Waals surface area contributed by atoms with E-state index in [1.54, 1.807) is 6.92 Å². The van der Waals surface area contributed by atoms with Crippen LogP contribution in [0.15, 0.2) is 0 Å². The molecule has 1 rings (SSSR count). The largest absolute Gasteiger partial charge is 0.351 e. The first-order valence-corrected chi connectivity index (χ1v) is 3.82. The molecule has 4 heteroatoms. The molecule has 0 spiro atoms. The van der Waals surface area contributed by atoms with Crippen molar-refractivity contribution in [3.8, 4) is 0 Å². The summed E-state index contributed by atoms with van der Waals surface area (Å²) in [6, 6.07) is 0. The Morgan fingerprint density at radius 2 is 2.45 bits per heavy atom. The summed E-state index contributed by atoms with van der Waals surface area (Å²) in [5, 5.41) is 1.33. The van der Waals surface area contributed by atoms with Crippen LogP contribution in [0.5, 0.6) is 0 Å². The van der Waals surface area contributed by atoms with Crippen molar-refractivity contribution < 1.29 is 14.4 Å². The number of hydrogen-bond donors (Lipinski definition) is 0. The summed E-state index contributed by atoms with van der Waals surface area (Å²) in [7, 11) is 0. The van der Waals surface area contributed by atoms with Gasteiger partial charge in [-0.2, -0.15) is 0 Å². The van der Waals surface area contributed by atoms with Crippen LogP contribution >= 0.6 is 0 Å². The minimum absolute atomic E-state index is 0.0385. The van der Waals surface area contributed by atoms with Gasteiger partial charge < -0.3 is 4.74 Å². The van der Waals surface area contributed by atoms with Gasteiger partial charge in [-0.15, -0.1) is 0 Å². The van der Waals surface area contributed by atoms with E-state index in [4.69, 9.17) is 9.57 Å². The van der Waals surface area contributed by atoms with Crippen LogP contribution in [0.2, 0.25) is 0 Å². The third-order valence-corrected chi connectivity index (χ3v) is 1.48. The van der Waals surface area contributed by atoms with E-state index in [1.165, 1.54) is 5.06 Å². The van der Waals surface area contributed by atoms with Gasteiger partial charge in [0.05, 0.1) is 6.54 Å². The molecule has 1 fully saturated rings. The predicted octanol–water partition coefficient (Wildman–Crippen LogP) is 0.533. The number of amides is 1. The smallest absolute Gasteiger partial charge is 0.248 e. The average molecular weight is 159 g/mol. The Labute approximate surface area is 66.0 Å². The molecule has 0 N–H and O–H groups in total. The first-order chi connectivity index (χ1) is 5.24. The van der Waals surface area contributed by atoms with Crippen molar-refractivity contribution in [1.29, 1.82) is 0 Å². The zero-order valence-corrected chi connectivity index (χ0v) is 6.87. The minimum atomic E-state index is -0.316. The topological polar surface area (TPSA) is 38.8 Å². The van der Waals surface area contributed by atoms with Crippen molar-refractivity contribution in [1.82, 2.24) is 5.06 Å². The predicted molar refractivity (Wildman–Crippen MR) is 38.5 cm³/mol. The van der Waals surface area contributed by atoms with Gasteiger partial charge in [0.1, 0.15) is 0 Å². The molecule has 4 nitrogen and oxygen atoms in total. The van der Waals surface area contributed by atoms with E-state index in [2.05, 4.69) is 0 Å². The zero-order chi connectivity index (χ0) is 8.27. The first kappa shape index (κ1) is 8.49. The average Bonchev–Trinajstić information content (AvgIpc) is 1.98. The van der Waals surface area contributed by atoms with E-state index in [9.17, 15) is 4.79 Å². The van der Waals surface area contributed by atoms with Crippen molar-refractivity contribution in [3.63, 3.8) is 0 Å². The molecule has 1 atom stereocenters. The van der Waals surface area contributed by atoms with Crippen molar-refractivity contribution >= 4 is 5.91 Å². The van der Waals surface area contributed by atoms with Crippen LogP contribution in [-0.4, -0.2) is 30.4 Å². The summed E-state index contributed by atoms with van der Waals surface area (Å²) in [6.07, 6.45) is 0.281. The molecule has 0 aliphatic carbocycles. The minimum Gasteiger partial charge on any atom is -0.351 e. The van der Waals surface area contributed by atoms with E-state index in [-0.39, 0.29) is 12.2 Å². The molecule has 0 aromatic carbocycles. The highest BCUT2D eigenvalue weighted by atomic mass is 16.8. The summed E-state index contributed by atoms with van der Waals surface area (Å²) < 4.78 is 5.08. The standard InChI is InChI=1S/C7H13NO3/c1-3-10-6(2)11-8-5-4-7(8)9/h6H,3-5H2,1-2H3. The van der Waals surface area contributed by atoms with Gasteiger partial charge in [-0.05, 0) is 13.8 Å². The molecule has 0 radical (unpaired) electrons. The van der Waals surface area contributed by atoms with Crippen molar-refractivity contribution in [3.05, 3.63) is 0 Å². The summed E-state index contributed by atoms with van der Waals surface area (Å²) in [6.45, 7) is 4.95. The molecule has 11 heavy (non-hydrogen) atoms. The lowest BCUT2D eigenvalue weighted by molar-refractivity contribution is -0.278. The molecule has 64 valence electrons. The lowest BCUT2D eigenvalue weighted by Gasteiger charge is -2.31. The molecule has 1 saturated heterocycles. The fraction of sp³-hybridized carbons (Fsp3) is 0.857. The number of ether oxygens (including phenoxy) is 1. The van der Waals surface area contributed by atoms with Gasteiger partial charge in [-0.25, -0.2) is 9.90 Å². The van der Waals surface area contributed by atoms with Gasteiger partial charge in [0.2, 0.25) is 5.91 Å². The molecule has 1 unspecified atom stereocenters. The number of carbonyl (C=O) groups is 1. The molecule has 0 bridgehead atoms. The molecule has 0 aromatic heterocycles. The van der Waals surface area contributed by atoms with Crippen LogP contribution in [0.4, 0.5) is 0 Å². The fourth-order valence-electron chi connectivity index (χ4n) is 0.850. The lowest BCUT2D eigenvalue weighted by Crippen LogP contribution is -2.45. The highest BCUT2D eigenvalue weighted by Crippen LogP contribution is 2.11. The van der Waals surface area contributed by atoms with Gasteiger partial charge in [0.25, 0.3) is 0 Å². The second-order valence-corrected chi connectivity index (χ2v) is 2.37. The van der Waals surface area contributed by atoms with Crippen molar-refractivity contribution in [2.45, 2.75) is 26.6 Å². The molecule has 1 heterocycles. The number of β-lactam (4-membered cyclic amide) rings is 1. The lowest BCUT2D eigenvalue weighted by atomic mass is 10.3. The van der Waals surface area contributed by atoms with Crippen LogP contribution in [0, 0.1) is 0 Å². The second kappa shape index (κ2) is 3.69. The Hall–Kier alpha value is -0.610. The highest BCUT2D eigenvalue weighted by molar-refractivity contribution is 5.80. The molecule has 1 aliphatic heterocycles. The van der Waals surface area contributed by atoms with Crippen molar-refractivity contribution in [2.75, 3.05) is 13.2 Å². The SMILES string of the molecule is CCOC(C)ON1CCC1=O. The molecular formula is C7H13NO3. The zero-order valence-electron chi connectivity index (χ0n) is 6.87. The van der Waals surface area contributed by atoms with Gasteiger partial charge in [0.15, 0.2) is 6.29 Å². The summed E-state index contributed by atoms with van der Waals surface area (Å²) in [4.78, 5) is 15.8. The normalized spacial score (nSPS) is 19.8. The van der Waals surface area contributed by atoms with Crippen molar-refractivity contribution in [2.24, 2.45) is 0 Å². The Balaban J connectivity index is 2.14. The quantitative estimate of drug-likeness (QED) is 0.443. The van der Waals surface area contributed by atoms with E-state index in [0.29, 0.717) is 19.6 Å². The van der Waals surface area contributed by atoms with Crippen LogP contribution in [-0.2, 0) is 14.4 Å². The molecule has 0 aromatic rings. The van der Waals surface area contributed by atoms with Crippen LogP contribution in [0.3, 0.4) is 0 Å². The first-order valence-electron chi connectivity index (χ1n) is 3.82. The summed E-state index contributed by atoms with van der Waals surface area (Å²) in [5.41, 5.74) is 0. The molecule has 1 aliphatic rings. The monoisotopic (exact) mass is 159 g/mol. The second-order valence-electron chi connectivity index (χ2n) is 2.37. The summed E-state index contributed by atoms with van der Waals surface area (Å²) in [5.74, 6) is 0.0385. The Morgan fingerprint density at radius 3 is 2.82 bits per heavy atom. The number of hydrogen-bond acceptors (Lipinski definition) is 3. The number of hydroxylamine groups is 2. The fourth-order valence-corrected chi connectivity index (χ4v) is 0.850. The Kier molecular flexibility index (Phi) is 2.84. The van der Waals surface area contributed by atoms with Gasteiger partial charge in [-0.3, -0.25) is 4.79 Å². The van der Waals surface area contributed by atoms with Gasteiger partial charge in [0, 0.05) is 13.0 Å². The maximum atomic E-state index is 10.7. The Morgan fingerprint density at radius 1 is 1.73 bits per heavy atom. The number of rotatable bonds is 4. The van der Waals surface area contributed by atoms with Crippen LogP contribution < -0.4 is 0 Å². The number of nitrogens with zero attached hydrogens (tertiary/aromatic N) is 1. The third kappa shape index (κ3) is 2.17. The van der Waals surface area contributed by atoms with E-state index in [0.717, 1.165) is 0 Å². The maximum absolute atomic E-state index is 10.7. The molecule has 1 amide bonds. The molecule has 0 saturated carbocycles. The third-order valence-electron chi connectivity index (χ3n) is 1.48. The van der Waals surface area contributed by atoms with Crippen LogP contribution in [0.1, 0.15) is 20.3 Å². The maximum Gasteiger partial charge on any atom is 0.248 e.